The molecule has 0 aliphatic rings. The Balaban J connectivity index is 1.96. The van der Waals surface area contributed by atoms with E-state index in [1.54, 1.807) is 18.2 Å². The van der Waals surface area contributed by atoms with Crippen molar-refractivity contribution in [2.24, 2.45) is 5.92 Å². The van der Waals surface area contributed by atoms with Gasteiger partial charge in [-0.25, -0.2) is 4.39 Å². The van der Waals surface area contributed by atoms with Crippen LogP contribution in [0.15, 0.2) is 48.5 Å². The second kappa shape index (κ2) is 7.59. The van der Waals surface area contributed by atoms with Crippen LogP contribution in [0.2, 0.25) is 0 Å². The molecule has 2 N–H and O–H groups in total. The minimum Gasteiger partial charge on any atom is -0.381 e. The fourth-order valence-electron chi connectivity index (χ4n) is 1.98. The van der Waals surface area contributed by atoms with Crippen molar-refractivity contribution < 1.29 is 9.18 Å². The van der Waals surface area contributed by atoms with Crippen LogP contribution in [0, 0.1) is 11.7 Å². The molecule has 2 aromatic rings. The summed E-state index contributed by atoms with van der Waals surface area (Å²) < 4.78 is 12.9. The summed E-state index contributed by atoms with van der Waals surface area (Å²) in [6, 6.07) is 13.7. The molecule has 116 valence electrons. The molecule has 22 heavy (non-hydrogen) atoms. The number of rotatable bonds is 6. The number of carbonyl (C=O) groups excluding carboxylic acids is 1. The third kappa shape index (κ3) is 4.88. The number of benzene rings is 2. The Labute approximate surface area is 130 Å². The highest BCUT2D eigenvalue weighted by molar-refractivity contribution is 5.95. The number of nitrogens with one attached hydrogen (secondary N) is 2. The van der Waals surface area contributed by atoms with Gasteiger partial charge in [0.1, 0.15) is 5.82 Å². The van der Waals surface area contributed by atoms with E-state index in [2.05, 4.69) is 24.5 Å². The molecule has 0 atom stereocenters. The van der Waals surface area contributed by atoms with E-state index < -0.39 is 0 Å². The molecule has 3 nitrogen and oxygen atoms in total. The SMILES string of the molecule is CC(C)CNC(=O)c1cccc(NCc2ccc(F)cc2)c1. The first-order valence-corrected chi connectivity index (χ1v) is 7.41. The molecule has 0 spiro atoms. The molecule has 0 radical (unpaired) electrons. The number of hydrogen-bond donors (Lipinski definition) is 2. The molecule has 0 unspecified atom stereocenters. The molecule has 4 heteroatoms. The van der Waals surface area contributed by atoms with Crippen LogP contribution < -0.4 is 10.6 Å². The van der Waals surface area contributed by atoms with Crippen LogP contribution in [0.1, 0.15) is 29.8 Å². The Kier molecular flexibility index (Phi) is 5.53. The molecule has 0 saturated heterocycles. The van der Waals surface area contributed by atoms with Gasteiger partial charge in [0.05, 0.1) is 0 Å². The average molecular weight is 300 g/mol. The van der Waals surface area contributed by atoms with Crippen LogP contribution in [-0.2, 0) is 6.54 Å². The van der Waals surface area contributed by atoms with Crippen LogP contribution in [-0.4, -0.2) is 12.5 Å². The van der Waals surface area contributed by atoms with Gasteiger partial charge in [-0.1, -0.05) is 32.0 Å². The fourth-order valence-corrected chi connectivity index (χ4v) is 1.98. The average Bonchev–Trinajstić information content (AvgIpc) is 2.52. The van der Waals surface area contributed by atoms with Gasteiger partial charge in [0.2, 0.25) is 0 Å². The topological polar surface area (TPSA) is 41.1 Å². The second-order valence-electron chi connectivity index (χ2n) is 5.66. The minimum absolute atomic E-state index is 0.0702. The highest BCUT2D eigenvalue weighted by Gasteiger charge is 2.06. The van der Waals surface area contributed by atoms with Gasteiger partial charge in [0.25, 0.3) is 5.91 Å². The molecule has 0 aromatic heterocycles. The zero-order chi connectivity index (χ0) is 15.9. The van der Waals surface area contributed by atoms with E-state index in [9.17, 15) is 9.18 Å². The van der Waals surface area contributed by atoms with Gasteiger partial charge in [0.15, 0.2) is 0 Å². The summed E-state index contributed by atoms with van der Waals surface area (Å²) in [5, 5.41) is 6.14. The first-order chi connectivity index (χ1) is 10.5. The summed E-state index contributed by atoms with van der Waals surface area (Å²) in [6.45, 7) is 5.35. The first kappa shape index (κ1) is 16.0. The normalized spacial score (nSPS) is 10.5. The predicted octanol–water partition coefficient (Wildman–Crippen LogP) is 3.82. The lowest BCUT2D eigenvalue weighted by molar-refractivity contribution is 0.0949. The van der Waals surface area contributed by atoms with E-state index >= 15 is 0 Å². The molecular formula is C18H21FN2O. The molecule has 1 amide bonds. The van der Waals surface area contributed by atoms with Crippen molar-refractivity contribution >= 4 is 11.6 Å². The Morgan fingerprint density at radius 3 is 2.55 bits per heavy atom. The predicted molar refractivity (Wildman–Crippen MR) is 87.3 cm³/mol. The van der Waals surface area contributed by atoms with Gasteiger partial charge < -0.3 is 10.6 Å². The van der Waals surface area contributed by atoms with E-state index in [1.807, 2.05) is 18.2 Å². The van der Waals surface area contributed by atoms with Crippen LogP contribution in [0.4, 0.5) is 10.1 Å². The van der Waals surface area contributed by atoms with Crippen LogP contribution in [0.5, 0.6) is 0 Å². The molecule has 0 aliphatic carbocycles. The lowest BCUT2D eigenvalue weighted by atomic mass is 10.1. The van der Waals surface area contributed by atoms with Crippen molar-refractivity contribution in [2.75, 3.05) is 11.9 Å². The third-order valence-electron chi connectivity index (χ3n) is 3.21. The number of anilines is 1. The minimum atomic E-state index is -0.243. The number of carbonyl (C=O) groups is 1. The second-order valence-corrected chi connectivity index (χ2v) is 5.66. The Bertz CT molecular complexity index is 623. The van der Waals surface area contributed by atoms with Gasteiger partial charge in [-0.3, -0.25) is 4.79 Å². The van der Waals surface area contributed by atoms with Crippen molar-refractivity contribution in [1.29, 1.82) is 0 Å². The Hall–Kier alpha value is -2.36. The van der Waals surface area contributed by atoms with Gasteiger partial charge in [-0.15, -0.1) is 0 Å². The lowest BCUT2D eigenvalue weighted by Crippen LogP contribution is -2.27. The molecular weight excluding hydrogens is 279 g/mol. The Morgan fingerprint density at radius 2 is 1.86 bits per heavy atom. The van der Waals surface area contributed by atoms with Crippen LogP contribution in [0.25, 0.3) is 0 Å². The van der Waals surface area contributed by atoms with Crippen molar-refractivity contribution in [1.82, 2.24) is 5.32 Å². The summed E-state index contributed by atoms with van der Waals surface area (Å²) >= 11 is 0. The van der Waals surface area contributed by atoms with Gasteiger partial charge in [0, 0.05) is 24.3 Å². The fraction of sp³-hybridized carbons (Fsp3) is 0.278. The van der Waals surface area contributed by atoms with E-state index in [4.69, 9.17) is 0 Å². The maximum Gasteiger partial charge on any atom is 0.251 e. The molecule has 2 rings (SSSR count). The molecule has 0 saturated carbocycles. The maximum atomic E-state index is 12.9. The summed E-state index contributed by atoms with van der Waals surface area (Å²) in [5.74, 6) is 0.107. The smallest absolute Gasteiger partial charge is 0.251 e. The molecule has 0 fully saturated rings. The van der Waals surface area contributed by atoms with Crippen LogP contribution >= 0.6 is 0 Å². The number of amides is 1. The monoisotopic (exact) mass is 300 g/mol. The maximum absolute atomic E-state index is 12.9. The van der Waals surface area contributed by atoms with Gasteiger partial charge in [-0.2, -0.15) is 0 Å². The zero-order valence-electron chi connectivity index (χ0n) is 12.9. The van der Waals surface area contributed by atoms with E-state index in [0.29, 0.717) is 24.6 Å². The summed E-state index contributed by atoms with van der Waals surface area (Å²) in [4.78, 5) is 12.0. The first-order valence-electron chi connectivity index (χ1n) is 7.41. The number of hydrogen-bond acceptors (Lipinski definition) is 2. The highest BCUT2D eigenvalue weighted by atomic mass is 19.1. The van der Waals surface area contributed by atoms with Crippen molar-refractivity contribution in [2.45, 2.75) is 20.4 Å². The summed E-state index contributed by atoms with van der Waals surface area (Å²) in [5.41, 5.74) is 2.47. The van der Waals surface area contributed by atoms with Gasteiger partial charge in [-0.05, 0) is 41.8 Å². The van der Waals surface area contributed by atoms with Crippen LogP contribution in [0.3, 0.4) is 0 Å². The highest BCUT2D eigenvalue weighted by Crippen LogP contribution is 2.13. The summed E-state index contributed by atoms with van der Waals surface area (Å²) in [6.07, 6.45) is 0. The zero-order valence-corrected chi connectivity index (χ0v) is 12.9. The lowest BCUT2D eigenvalue weighted by Gasteiger charge is -2.10. The van der Waals surface area contributed by atoms with Crippen molar-refractivity contribution in [3.63, 3.8) is 0 Å². The van der Waals surface area contributed by atoms with Gasteiger partial charge >= 0.3 is 0 Å². The van der Waals surface area contributed by atoms with Crippen molar-refractivity contribution in [3.8, 4) is 0 Å². The standard InChI is InChI=1S/C18H21FN2O/c1-13(2)11-21-18(22)15-4-3-5-17(10-15)20-12-14-6-8-16(19)9-7-14/h3-10,13,20H,11-12H2,1-2H3,(H,21,22). The largest absolute Gasteiger partial charge is 0.381 e. The molecule has 2 aromatic carbocycles. The van der Waals surface area contributed by atoms with E-state index in [-0.39, 0.29) is 11.7 Å². The van der Waals surface area contributed by atoms with E-state index in [1.165, 1.54) is 12.1 Å². The molecule has 0 bridgehead atoms. The molecule has 0 aliphatic heterocycles. The quantitative estimate of drug-likeness (QED) is 0.851. The third-order valence-corrected chi connectivity index (χ3v) is 3.21. The Morgan fingerprint density at radius 1 is 1.14 bits per heavy atom. The number of halogens is 1. The van der Waals surface area contributed by atoms with Crippen molar-refractivity contribution in [3.05, 3.63) is 65.5 Å². The summed E-state index contributed by atoms with van der Waals surface area (Å²) in [7, 11) is 0. The van der Waals surface area contributed by atoms with E-state index in [0.717, 1.165) is 11.3 Å². The molecule has 0 heterocycles.